The Kier molecular flexibility index (Phi) is 8.13. The van der Waals surface area contributed by atoms with Crippen molar-refractivity contribution in [3.05, 3.63) is 21.4 Å². The van der Waals surface area contributed by atoms with Gasteiger partial charge in [0.05, 0.1) is 13.2 Å². The Balaban J connectivity index is 0.00000242. The van der Waals surface area contributed by atoms with E-state index in [4.69, 9.17) is 4.74 Å². The van der Waals surface area contributed by atoms with E-state index in [0.717, 1.165) is 19.0 Å². The number of hydrogen-bond acceptors (Lipinski definition) is 3. The van der Waals surface area contributed by atoms with Crippen LogP contribution in [0.4, 0.5) is 0 Å². The number of rotatable bonds is 5. The van der Waals surface area contributed by atoms with Crippen LogP contribution in [0.2, 0.25) is 0 Å². The van der Waals surface area contributed by atoms with Gasteiger partial charge in [-0.1, -0.05) is 13.8 Å². The minimum Gasteiger partial charge on any atom is -0.383 e. The van der Waals surface area contributed by atoms with Crippen molar-refractivity contribution < 1.29 is 4.74 Å². The van der Waals surface area contributed by atoms with Gasteiger partial charge in [-0.15, -0.1) is 35.3 Å². The number of fused-ring (bicyclic) bond motifs is 1. The first kappa shape index (κ1) is 19.7. The van der Waals surface area contributed by atoms with Crippen molar-refractivity contribution in [2.75, 3.05) is 27.3 Å². The molecule has 2 N–H and O–H groups in total. The first-order valence-corrected chi connectivity index (χ1v) is 8.39. The zero-order chi connectivity index (χ0) is 15.3. The maximum atomic E-state index is 5.03. The van der Waals surface area contributed by atoms with Crippen molar-refractivity contribution in [1.82, 2.24) is 10.6 Å². The van der Waals surface area contributed by atoms with Gasteiger partial charge in [0.15, 0.2) is 5.96 Å². The van der Waals surface area contributed by atoms with E-state index in [1.54, 1.807) is 24.6 Å². The molecule has 6 heteroatoms. The van der Waals surface area contributed by atoms with E-state index in [0.29, 0.717) is 12.0 Å². The monoisotopic (exact) mass is 437 g/mol. The summed E-state index contributed by atoms with van der Waals surface area (Å²) >= 11 is 1.95. The van der Waals surface area contributed by atoms with Crippen LogP contribution in [0.5, 0.6) is 0 Å². The second-order valence-electron chi connectivity index (χ2n) is 6.35. The number of guanidine groups is 1. The number of halogens is 1. The predicted octanol–water partition coefficient (Wildman–Crippen LogP) is 3.19. The fraction of sp³-hybridized carbons (Fsp3) is 0.688. The Morgan fingerprint density at radius 1 is 1.41 bits per heavy atom. The summed E-state index contributed by atoms with van der Waals surface area (Å²) in [5.41, 5.74) is 2.01. The molecule has 1 aliphatic rings. The molecule has 0 amide bonds. The van der Waals surface area contributed by atoms with Gasteiger partial charge in [-0.3, -0.25) is 4.99 Å². The van der Waals surface area contributed by atoms with Gasteiger partial charge in [-0.05, 0) is 36.3 Å². The predicted molar refractivity (Wildman–Crippen MR) is 106 cm³/mol. The van der Waals surface area contributed by atoms with Gasteiger partial charge in [-0.2, -0.15) is 0 Å². The fourth-order valence-corrected chi connectivity index (χ4v) is 3.82. The summed E-state index contributed by atoms with van der Waals surface area (Å²) in [6.45, 7) is 7.03. The zero-order valence-corrected chi connectivity index (χ0v) is 17.1. The van der Waals surface area contributed by atoms with Crippen LogP contribution >= 0.6 is 35.3 Å². The zero-order valence-electron chi connectivity index (χ0n) is 14.0. The second-order valence-corrected chi connectivity index (χ2v) is 7.57. The van der Waals surface area contributed by atoms with Crippen LogP contribution in [0.3, 0.4) is 0 Å². The Labute approximate surface area is 155 Å². The highest BCUT2D eigenvalue weighted by Gasteiger charge is 2.26. The molecule has 0 radical (unpaired) electrons. The number of nitrogens with one attached hydrogen (secondary N) is 2. The van der Waals surface area contributed by atoms with E-state index in [9.17, 15) is 0 Å². The molecule has 0 atom stereocenters. The van der Waals surface area contributed by atoms with Crippen molar-refractivity contribution in [1.29, 1.82) is 0 Å². The van der Waals surface area contributed by atoms with Gasteiger partial charge in [0, 0.05) is 30.5 Å². The molecule has 0 fully saturated rings. The molecule has 4 nitrogen and oxygen atoms in total. The topological polar surface area (TPSA) is 45.7 Å². The number of thiophene rings is 1. The highest BCUT2D eigenvalue weighted by molar-refractivity contribution is 14.0. The smallest absolute Gasteiger partial charge is 0.191 e. The van der Waals surface area contributed by atoms with Crippen molar-refractivity contribution in [3.63, 3.8) is 0 Å². The molecule has 2 rings (SSSR count). The average molecular weight is 437 g/mol. The summed E-state index contributed by atoms with van der Waals surface area (Å²) in [7, 11) is 3.50. The molecule has 1 aliphatic carbocycles. The van der Waals surface area contributed by atoms with E-state index in [1.165, 1.54) is 24.1 Å². The maximum Gasteiger partial charge on any atom is 0.191 e. The summed E-state index contributed by atoms with van der Waals surface area (Å²) in [5.74, 6) is 0.832. The van der Waals surface area contributed by atoms with Crippen LogP contribution in [-0.2, 0) is 24.1 Å². The molecule has 0 saturated heterocycles. The van der Waals surface area contributed by atoms with Gasteiger partial charge in [0.25, 0.3) is 0 Å². The molecular formula is C16H28IN3OS. The number of nitrogens with zero attached hydrogens (tertiary/aromatic N) is 1. The van der Waals surface area contributed by atoms with Crippen molar-refractivity contribution >= 4 is 41.3 Å². The molecule has 126 valence electrons. The molecule has 1 aromatic heterocycles. The lowest BCUT2D eigenvalue weighted by molar-refractivity contribution is 0.203. The largest absolute Gasteiger partial charge is 0.383 e. The molecule has 0 unspecified atom stereocenters. The molecule has 0 aliphatic heterocycles. The standard InChI is InChI=1S/C16H27N3OS.HI/c1-16(2)6-5-14-12(10-16)9-13(21-14)11-19-15(17-3)18-7-8-20-4;/h9H,5-8,10-11H2,1-4H3,(H2,17,18,19);1H. The quantitative estimate of drug-likeness (QED) is 0.322. The van der Waals surface area contributed by atoms with Crippen LogP contribution in [0.25, 0.3) is 0 Å². The summed E-state index contributed by atoms with van der Waals surface area (Å²) in [6, 6.07) is 2.37. The van der Waals surface area contributed by atoms with Crippen molar-refractivity contribution in [2.45, 2.75) is 39.7 Å². The van der Waals surface area contributed by atoms with Crippen LogP contribution in [-0.4, -0.2) is 33.3 Å². The van der Waals surface area contributed by atoms with Crippen LogP contribution in [0, 0.1) is 5.41 Å². The van der Waals surface area contributed by atoms with Crippen molar-refractivity contribution in [3.8, 4) is 0 Å². The normalized spacial score (nSPS) is 16.6. The Morgan fingerprint density at radius 3 is 2.86 bits per heavy atom. The molecule has 22 heavy (non-hydrogen) atoms. The third kappa shape index (κ3) is 5.70. The minimum atomic E-state index is 0. The van der Waals surface area contributed by atoms with Crippen LogP contribution in [0.15, 0.2) is 11.1 Å². The molecular weight excluding hydrogens is 409 g/mol. The average Bonchev–Trinajstić information content (AvgIpc) is 2.83. The molecule has 0 aromatic carbocycles. The molecule has 0 spiro atoms. The fourth-order valence-electron chi connectivity index (χ4n) is 2.70. The number of aryl methyl sites for hydroxylation is 1. The van der Waals surface area contributed by atoms with Gasteiger partial charge in [0.2, 0.25) is 0 Å². The SMILES string of the molecule is CN=C(NCCOC)NCc1cc2c(s1)CCC(C)(C)C2.I. The first-order valence-electron chi connectivity index (χ1n) is 7.58. The molecule has 0 saturated carbocycles. The van der Waals surface area contributed by atoms with Gasteiger partial charge in [0.1, 0.15) is 0 Å². The Morgan fingerprint density at radius 2 is 2.18 bits per heavy atom. The molecule has 0 bridgehead atoms. The second kappa shape index (κ2) is 9.08. The Hall–Kier alpha value is -0.340. The summed E-state index contributed by atoms with van der Waals surface area (Å²) < 4.78 is 5.03. The van der Waals surface area contributed by atoms with Crippen LogP contribution < -0.4 is 10.6 Å². The van der Waals surface area contributed by atoms with Gasteiger partial charge < -0.3 is 15.4 Å². The van der Waals surface area contributed by atoms with E-state index >= 15 is 0 Å². The number of aliphatic imine (C=N–C) groups is 1. The molecule has 1 heterocycles. The van der Waals surface area contributed by atoms with E-state index < -0.39 is 0 Å². The lowest BCUT2D eigenvalue weighted by Crippen LogP contribution is -2.38. The lowest BCUT2D eigenvalue weighted by Gasteiger charge is -2.29. The minimum absolute atomic E-state index is 0. The Bertz CT molecular complexity index is 500. The summed E-state index contributed by atoms with van der Waals surface area (Å²) in [5, 5.41) is 6.60. The van der Waals surface area contributed by atoms with Crippen LogP contribution in [0.1, 0.15) is 35.6 Å². The number of ether oxygens (including phenoxy) is 1. The number of hydrogen-bond donors (Lipinski definition) is 2. The highest BCUT2D eigenvalue weighted by atomic mass is 127. The summed E-state index contributed by atoms with van der Waals surface area (Å²) in [6.07, 6.45) is 3.74. The third-order valence-electron chi connectivity index (χ3n) is 3.90. The van der Waals surface area contributed by atoms with E-state index in [1.807, 2.05) is 11.3 Å². The molecule has 1 aromatic rings. The van der Waals surface area contributed by atoms with E-state index in [-0.39, 0.29) is 24.0 Å². The lowest BCUT2D eigenvalue weighted by atomic mass is 9.77. The van der Waals surface area contributed by atoms with E-state index in [2.05, 4.69) is 35.5 Å². The number of methoxy groups -OCH3 is 1. The summed E-state index contributed by atoms with van der Waals surface area (Å²) in [4.78, 5) is 7.20. The third-order valence-corrected chi connectivity index (χ3v) is 5.13. The first-order chi connectivity index (χ1) is 10.0. The van der Waals surface area contributed by atoms with Gasteiger partial charge in [-0.25, -0.2) is 0 Å². The highest BCUT2D eigenvalue weighted by Crippen LogP contribution is 2.38. The van der Waals surface area contributed by atoms with Gasteiger partial charge >= 0.3 is 0 Å². The van der Waals surface area contributed by atoms with Crippen molar-refractivity contribution in [2.24, 2.45) is 10.4 Å². The maximum absolute atomic E-state index is 5.03.